The minimum absolute atomic E-state index is 0.173. The third-order valence-electron chi connectivity index (χ3n) is 3.06. The van der Waals surface area contributed by atoms with Gasteiger partial charge in [0.2, 0.25) is 0 Å². The summed E-state index contributed by atoms with van der Waals surface area (Å²) in [5, 5.41) is 8.15. The first-order chi connectivity index (χ1) is 10.1. The monoisotopic (exact) mass is 309 g/mol. The van der Waals surface area contributed by atoms with Crippen molar-refractivity contribution in [3.8, 4) is 0 Å². The first-order valence-corrected chi connectivity index (χ1v) is 7.39. The zero-order valence-corrected chi connectivity index (χ0v) is 12.7. The van der Waals surface area contributed by atoms with Gasteiger partial charge in [-0.15, -0.1) is 11.3 Å². The van der Waals surface area contributed by atoms with Crippen LogP contribution in [0.25, 0.3) is 0 Å². The van der Waals surface area contributed by atoms with Gasteiger partial charge in [-0.1, -0.05) is 0 Å². The average molecular weight is 309 g/mol. The van der Waals surface area contributed by atoms with E-state index < -0.39 is 11.6 Å². The molecule has 2 rings (SSSR count). The van der Waals surface area contributed by atoms with Crippen molar-refractivity contribution in [2.45, 2.75) is 20.0 Å². The van der Waals surface area contributed by atoms with Crippen LogP contribution in [0.5, 0.6) is 0 Å². The predicted octanol–water partition coefficient (Wildman–Crippen LogP) is 3.20. The molecule has 112 valence electrons. The van der Waals surface area contributed by atoms with Crippen molar-refractivity contribution >= 4 is 17.3 Å². The van der Waals surface area contributed by atoms with Crippen LogP contribution in [-0.4, -0.2) is 13.0 Å². The number of thiophene rings is 1. The molecule has 1 heterocycles. The van der Waals surface area contributed by atoms with E-state index in [1.54, 1.807) is 18.4 Å². The normalized spacial score (nSPS) is 11.5. The Kier molecular flexibility index (Phi) is 5.27. The Balaban J connectivity index is 1.91. The summed E-state index contributed by atoms with van der Waals surface area (Å²) < 4.78 is 26.6. The zero-order chi connectivity index (χ0) is 15.2. The van der Waals surface area contributed by atoms with Gasteiger partial charge in [-0.05, 0) is 42.1 Å². The summed E-state index contributed by atoms with van der Waals surface area (Å²) in [4.78, 5) is 5.28. The lowest BCUT2D eigenvalue weighted by Gasteiger charge is -2.12. The molecule has 0 spiro atoms. The van der Waals surface area contributed by atoms with E-state index >= 15 is 0 Å². The van der Waals surface area contributed by atoms with E-state index in [0.29, 0.717) is 12.5 Å². The van der Waals surface area contributed by atoms with Gasteiger partial charge in [-0.25, -0.2) is 8.78 Å². The van der Waals surface area contributed by atoms with Crippen molar-refractivity contribution < 1.29 is 8.78 Å². The topological polar surface area (TPSA) is 36.4 Å². The van der Waals surface area contributed by atoms with E-state index in [-0.39, 0.29) is 12.1 Å². The molecule has 3 nitrogen and oxygen atoms in total. The lowest BCUT2D eigenvalue weighted by atomic mass is 10.2. The summed E-state index contributed by atoms with van der Waals surface area (Å²) in [6, 6.07) is 5.46. The molecule has 1 aromatic carbocycles. The molecular weight excluding hydrogens is 292 g/mol. The first-order valence-electron chi connectivity index (χ1n) is 6.51. The SMILES string of the molecule is CN=C(NCc1cc(F)ccc1F)NCc1sccc1C. The van der Waals surface area contributed by atoms with E-state index in [1.165, 1.54) is 16.5 Å². The first kappa shape index (κ1) is 15.4. The molecule has 21 heavy (non-hydrogen) atoms. The molecule has 0 atom stereocenters. The summed E-state index contributed by atoms with van der Waals surface area (Å²) >= 11 is 1.67. The molecule has 0 fully saturated rings. The molecule has 0 aliphatic carbocycles. The van der Waals surface area contributed by atoms with Crippen LogP contribution in [0.3, 0.4) is 0 Å². The smallest absolute Gasteiger partial charge is 0.191 e. The number of guanidine groups is 1. The van der Waals surface area contributed by atoms with Crippen molar-refractivity contribution in [2.75, 3.05) is 7.05 Å². The molecule has 0 radical (unpaired) electrons. The standard InChI is InChI=1S/C15H17F2N3S/c1-10-5-6-21-14(10)9-20-15(18-2)19-8-11-7-12(16)3-4-13(11)17/h3-7H,8-9H2,1-2H3,(H2,18,19,20). The highest BCUT2D eigenvalue weighted by Crippen LogP contribution is 2.14. The lowest BCUT2D eigenvalue weighted by molar-refractivity contribution is 0.581. The second-order valence-corrected chi connectivity index (χ2v) is 5.54. The van der Waals surface area contributed by atoms with Crippen LogP contribution in [0.15, 0.2) is 34.6 Å². The zero-order valence-electron chi connectivity index (χ0n) is 11.9. The van der Waals surface area contributed by atoms with Crippen LogP contribution in [0.2, 0.25) is 0 Å². The molecule has 1 aromatic heterocycles. The van der Waals surface area contributed by atoms with Gasteiger partial charge in [-0.3, -0.25) is 4.99 Å². The number of aryl methyl sites for hydroxylation is 1. The summed E-state index contributed by atoms with van der Waals surface area (Å²) in [5.74, 6) is -0.342. The Morgan fingerprint density at radius 2 is 1.95 bits per heavy atom. The molecule has 0 saturated carbocycles. The Morgan fingerprint density at radius 3 is 2.62 bits per heavy atom. The molecule has 0 unspecified atom stereocenters. The summed E-state index contributed by atoms with van der Waals surface area (Å²) in [6.45, 7) is 2.87. The van der Waals surface area contributed by atoms with E-state index in [9.17, 15) is 8.78 Å². The molecule has 0 amide bonds. The number of rotatable bonds is 4. The molecule has 2 N–H and O–H groups in total. The minimum atomic E-state index is -0.453. The van der Waals surface area contributed by atoms with Gasteiger partial charge in [0.25, 0.3) is 0 Å². The van der Waals surface area contributed by atoms with Gasteiger partial charge in [0.05, 0.1) is 6.54 Å². The Morgan fingerprint density at radius 1 is 1.19 bits per heavy atom. The fraction of sp³-hybridized carbons (Fsp3) is 0.267. The molecule has 0 aliphatic heterocycles. The largest absolute Gasteiger partial charge is 0.352 e. The summed E-state index contributed by atoms with van der Waals surface area (Å²) in [5.41, 5.74) is 1.49. The minimum Gasteiger partial charge on any atom is -0.352 e. The predicted molar refractivity (Wildman–Crippen MR) is 82.5 cm³/mol. The molecule has 0 bridgehead atoms. The third kappa shape index (κ3) is 4.26. The number of nitrogens with one attached hydrogen (secondary N) is 2. The van der Waals surface area contributed by atoms with Gasteiger partial charge in [0, 0.05) is 24.0 Å². The summed E-state index contributed by atoms with van der Waals surface area (Å²) in [7, 11) is 1.64. The number of hydrogen-bond donors (Lipinski definition) is 2. The van der Waals surface area contributed by atoms with Gasteiger partial charge in [0.1, 0.15) is 11.6 Å². The van der Waals surface area contributed by atoms with Crippen molar-refractivity contribution in [3.63, 3.8) is 0 Å². The van der Waals surface area contributed by atoms with Gasteiger partial charge in [0.15, 0.2) is 5.96 Å². The number of aliphatic imine (C=N–C) groups is 1. The van der Waals surface area contributed by atoms with Gasteiger partial charge < -0.3 is 10.6 Å². The van der Waals surface area contributed by atoms with Crippen molar-refractivity contribution in [1.82, 2.24) is 10.6 Å². The lowest BCUT2D eigenvalue weighted by Crippen LogP contribution is -2.36. The molecule has 0 aliphatic rings. The van der Waals surface area contributed by atoms with E-state index in [4.69, 9.17) is 0 Å². The molecule has 6 heteroatoms. The fourth-order valence-corrected chi connectivity index (χ4v) is 2.67. The Hall–Kier alpha value is -1.95. The number of hydrogen-bond acceptors (Lipinski definition) is 2. The van der Waals surface area contributed by atoms with Crippen LogP contribution < -0.4 is 10.6 Å². The van der Waals surface area contributed by atoms with Crippen LogP contribution >= 0.6 is 11.3 Å². The number of nitrogens with zero attached hydrogens (tertiary/aromatic N) is 1. The second-order valence-electron chi connectivity index (χ2n) is 4.54. The maximum atomic E-state index is 13.5. The molecule has 2 aromatic rings. The van der Waals surface area contributed by atoms with E-state index in [1.807, 2.05) is 12.3 Å². The van der Waals surface area contributed by atoms with Gasteiger partial charge in [-0.2, -0.15) is 0 Å². The van der Waals surface area contributed by atoms with Crippen molar-refractivity contribution in [2.24, 2.45) is 4.99 Å². The second kappa shape index (κ2) is 7.17. The van der Waals surface area contributed by atoms with E-state index in [2.05, 4.69) is 21.7 Å². The maximum absolute atomic E-state index is 13.5. The Bertz CT molecular complexity index is 638. The van der Waals surface area contributed by atoms with Crippen LogP contribution in [0, 0.1) is 18.6 Å². The van der Waals surface area contributed by atoms with E-state index in [0.717, 1.165) is 12.1 Å². The van der Waals surface area contributed by atoms with Crippen LogP contribution in [-0.2, 0) is 13.1 Å². The van der Waals surface area contributed by atoms with Crippen LogP contribution in [0.4, 0.5) is 8.78 Å². The van der Waals surface area contributed by atoms with Crippen molar-refractivity contribution in [1.29, 1.82) is 0 Å². The Labute approximate surface area is 126 Å². The highest BCUT2D eigenvalue weighted by Gasteiger charge is 2.06. The van der Waals surface area contributed by atoms with Crippen LogP contribution in [0.1, 0.15) is 16.0 Å². The average Bonchev–Trinajstić information content (AvgIpc) is 2.88. The highest BCUT2D eigenvalue weighted by molar-refractivity contribution is 7.10. The summed E-state index contributed by atoms with van der Waals surface area (Å²) in [6.07, 6.45) is 0. The molecule has 0 saturated heterocycles. The van der Waals surface area contributed by atoms with Gasteiger partial charge >= 0.3 is 0 Å². The third-order valence-corrected chi connectivity index (χ3v) is 4.09. The fourth-order valence-electron chi connectivity index (χ4n) is 1.83. The number of benzene rings is 1. The number of halogens is 2. The highest BCUT2D eigenvalue weighted by atomic mass is 32.1. The maximum Gasteiger partial charge on any atom is 0.191 e. The molecular formula is C15H17F2N3S. The van der Waals surface area contributed by atoms with Crippen molar-refractivity contribution in [3.05, 3.63) is 57.3 Å². The quantitative estimate of drug-likeness (QED) is 0.672.